The first kappa shape index (κ1) is 17.0. The Kier molecular flexibility index (Phi) is 4.99. The summed E-state index contributed by atoms with van der Waals surface area (Å²) in [7, 11) is 0. The van der Waals surface area contributed by atoms with Crippen LogP contribution in [0.5, 0.6) is 11.5 Å². The fraction of sp³-hybridized carbons (Fsp3) is 0.118. The van der Waals surface area contributed by atoms with E-state index in [1.807, 2.05) is 19.1 Å². The number of ether oxygens (including phenoxy) is 2. The molecule has 2 N–H and O–H groups in total. The number of anilines is 1. The van der Waals surface area contributed by atoms with E-state index in [2.05, 4.69) is 31.8 Å². The predicted molar refractivity (Wildman–Crippen MR) is 95.8 cm³/mol. The van der Waals surface area contributed by atoms with E-state index in [1.54, 1.807) is 24.3 Å². The van der Waals surface area contributed by atoms with Crippen molar-refractivity contribution in [1.29, 1.82) is 0 Å². The van der Waals surface area contributed by atoms with Gasteiger partial charge in [0.05, 0.1) is 6.21 Å². The number of aryl methyl sites for hydroxylation is 1. The molecule has 0 saturated heterocycles. The smallest absolute Gasteiger partial charge is 0.329 e. The highest BCUT2D eigenvalue weighted by Gasteiger charge is 2.16. The van der Waals surface area contributed by atoms with Crippen LogP contribution in [0.1, 0.15) is 11.1 Å². The molecule has 0 aliphatic carbocycles. The van der Waals surface area contributed by atoms with Crippen LogP contribution in [0.3, 0.4) is 0 Å². The zero-order valence-electron chi connectivity index (χ0n) is 13.2. The molecule has 128 valence electrons. The fourth-order valence-corrected chi connectivity index (χ4v) is 2.56. The lowest BCUT2D eigenvalue weighted by molar-refractivity contribution is -0.136. The van der Waals surface area contributed by atoms with E-state index in [4.69, 9.17) is 9.47 Å². The maximum Gasteiger partial charge on any atom is 0.329 e. The first-order valence-corrected chi connectivity index (χ1v) is 8.13. The van der Waals surface area contributed by atoms with Crippen molar-refractivity contribution in [3.63, 3.8) is 0 Å². The minimum Gasteiger partial charge on any atom is -0.454 e. The van der Waals surface area contributed by atoms with Crippen molar-refractivity contribution in [2.24, 2.45) is 5.10 Å². The number of fused-ring (bicyclic) bond motifs is 1. The molecule has 2 amide bonds. The second kappa shape index (κ2) is 7.35. The van der Waals surface area contributed by atoms with Gasteiger partial charge in [-0.1, -0.05) is 18.2 Å². The van der Waals surface area contributed by atoms with Crippen LogP contribution < -0.4 is 20.2 Å². The first-order chi connectivity index (χ1) is 12.0. The van der Waals surface area contributed by atoms with Crippen LogP contribution >= 0.6 is 15.9 Å². The molecule has 8 heteroatoms. The van der Waals surface area contributed by atoms with Gasteiger partial charge >= 0.3 is 11.8 Å². The van der Waals surface area contributed by atoms with Crippen LogP contribution in [0.4, 0.5) is 5.69 Å². The molecule has 0 radical (unpaired) electrons. The number of hydrazone groups is 1. The van der Waals surface area contributed by atoms with E-state index in [1.165, 1.54) is 6.21 Å². The Hall–Kier alpha value is -2.87. The van der Waals surface area contributed by atoms with Crippen molar-refractivity contribution in [3.8, 4) is 11.5 Å². The Morgan fingerprint density at radius 2 is 1.88 bits per heavy atom. The van der Waals surface area contributed by atoms with Gasteiger partial charge in [-0.15, -0.1) is 0 Å². The third kappa shape index (κ3) is 3.97. The highest BCUT2D eigenvalue weighted by Crippen LogP contribution is 2.36. The van der Waals surface area contributed by atoms with Gasteiger partial charge in [0.2, 0.25) is 6.79 Å². The van der Waals surface area contributed by atoms with Crippen LogP contribution in [0.15, 0.2) is 46.0 Å². The van der Waals surface area contributed by atoms with E-state index < -0.39 is 11.8 Å². The van der Waals surface area contributed by atoms with Crippen LogP contribution in [-0.4, -0.2) is 24.8 Å². The van der Waals surface area contributed by atoms with Gasteiger partial charge in [-0.05, 0) is 46.6 Å². The Bertz CT molecular complexity index is 867. The monoisotopic (exact) mass is 403 g/mol. The minimum absolute atomic E-state index is 0.165. The molecule has 2 aromatic carbocycles. The van der Waals surface area contributed by atoms with Crippen molar-refractivity contribution in [2.75, 3.05) is 12.1 Å². The molecule has 0 aromatic heterocycles. The molecule has 25 heavy (non-hydrogen) atoms. The molecule has 0 unspecified atom stereocenters. The largest absolute Gasteiger partial charge is 0.454 e. The van der Waals surface area contributed by atoms with Gasteiger partial charge in [0.25, 0.3) is 0 Å². The molecule has 0 saturated carbocycles. The Morgan fingerprint density at radius 3 is 2.64 bits per heavy atom. The zero-order valence-corrected chi connectivity index (χ0v) is 14.8. The molecule has 1 heterocycles. The topological polar surface area (TPSA) is 89.0 Å². The summed E-state index contributed by atoms with van der Waals surface area (Å²) in [5, 5.41) is 6.33. The molecule has 1 aliphatic heterocycles. The molecule has 1 aliphatic rings. The molecule has 0 spiro atoms. The number of amides is 2. The Morgan fingerprint density at radius 1 is 1.16 bits per heavy atom. The number of hydrogen-bond donors (Lipinski definition) is 2. The molecule has 7 nitrogen and oxygen atoms in total. The van der Waals surface area contributed by atoms with E-state index in [9.17, 15) is 9.59 Å². The molecule has 3 rings (SSSR count). The predicted octanol–water partition coefficient (Wildman–Crippen LogP) is 2.58. The van der Waals surface area contributed by atoms with Crippen molar-refractivity contribution in [2.45, 2.75) is 6.92 Å². The van der Waals surface area contributed by atoms with E-state index >= 15 is 0 Å². The summed E-state index contributed by atoms with van der Waals surface area (Å²) in [6.45, 7) is 2.00. The SMILES string of the molecule is Cc1ccccc1NC(=O)C(=O)N/N=C\c1cc2c(cc1Br)OCO2. The second-order valence-corrected chi connectivity index (χ2v) is 6.05. The van der Waals surface area contributed by atoms with E-state index in [0.717, 1.165) is 10.0 Å². The van der Waals surface area contributed by atoms with Crippen molar-refractivity contribution in [3.05, 3.63) is 52.0 Å². The number of nitrogens with one attached hydrogen (secondary N) is 2. The van der Waals surface area contributed by atoms with Gasteiger partial charge in [-0.2, -0.15) is 5.10 Å². The molecule has 2 aromatic rings. The van der Waals surface area contributed by atoms with Gasteiger partial charge < -0.3 is 14.8 Å². The second-order valence-electron chi connectivity index (χ2n) is 5.20. The number of nitrogens with zero attached hydrogens (tertiary/aromatic N) is 1. The number of rotatable bonds is 3. The van der Waals surface area contributed by atoms with Crippen molar-refractivity contribution >= 4 is 39.6 Å². The summed E-state index contributed by atoms with van der Waals surface area (Å²) in [5.74, 6) is -0.438. The van der Waals surface area contributed by atoms with E-state index in [0.29, 0.717) is 22.7 Å². The zero-order chi connectivity index (χ0) is 17.8. The highest BCUT2D eigenvalue weighted by atomic mass is 79.9. The lowest BCUT2D eigenvalue weighted by atomic mass is 10.2. The summed E-state index contributed by atoms with van der Waals surface area (Å²) in [6, 6.07) is 10.6. The Labute approximate surface area is 152 Å². The summed E-state index contributed by atoms with van der Waals surface area (Å²) in [4.78, 5) is 23.7. The average molecular weight is 404 g/mol. The van der Waals surface area contributed by atoms with Crippen LogP contribution in [-0.2, 0) is 9.59 Å². The Balaban J connectivity index is 1.61. The quantitative estimate of drug-likeness (QED) is 0.468. The molecule has 0 fully saturated rings. The van der Waals surface area contributed by atoms with Gasteiger partial charge in [0.1, 0.15) is 0 Å². The third-order valence-corrected chi connectivity index (χ3v) is 4.15. The van der Waals surface area contributed by atoms with Crippen LogP contribution in [0.25, 0.3) is 0 Å². The van der Waals surface area contributed by atoms with E-state index in [-0.39, 0.29) is 6.79 Å². The standard InChI is InChI=1S/C17H14BrN3O4/c1-10-4-2-3-5-13(10)20-16(22)17(23)21-19-8-11-6-14-15(7-12(11)18)25-9-24-14/h2-8H,9H2,1H3,(H,20,22)(H,21,23)/b19-8-. The van der Waals surface area contributed by atoms with Gasteiger partial charge in [0, 0.05) is 15.7 Å². The van der Waals surface area contributed by atoms with Crippen LogP contribution in [0.2, 0.25) is 0 Å². The van der Waals surface area contributed by atoms with Gasteiger partial charge in [0.15, 0.2) is 11.5 Å². The number of carbonyl (C=O) groups is 2. The summed E-state index contributed by atoms with van der Waals surface area (Å²) < 4.78 is 11.3. The molecular weight excluding hydrogens is 390 g/mol. The number of benzene rings is 2. The molecule has 0 atom stereocenters. The van der Waals surface area contributed by atoms with Gasteiger partial charge in [-0.3, -0.25) is 9.59 Å². The summed E-state index contributed by atoms with van der Waals surface area (Å²) in [5.41, 5.74) is 4.29. The number of halogens is 1. The highest BCUT2D eigenvalue weighted by molar-refractivity contribution is 9.10. The lowest BCUT2D eigenvalue weighted by Crippen LogP contribution is -2.32. The lowest BCUT2D eigenvalue weighted by Gasteiger charge is -2.06. The first-order valence-electron chi connectivity index (χ1n) is 7.34. The number of hydrogen-bond acceptors (Lipinski definition) is 5. The van der Waals surface area contributed by atoms with Crippen LogP contribution in [0, 0.1) is 6.92 Å². The number of carbonyl (C=O) groups excluding carboxylic acids is 2. The molecular formula is C17H14BrN3O4. The van der Waals surface area contributed by atoms with Gasteiger partial charge in [-0.25, -0.2) is 5.43 Å². The fourth-order valence-electron chi connectivity index (χ4n) is 2.14. The summed E-state index contributed by atoms with van der Waals surface area (Å²) in [6.07, 6.45) is 1.41. The van der Waals surface area contributed by atoms with Crippen molar-refractivity contribution < 1.29 is 19.1 Å². The maximum atomic E-state index is 11.9. The van der Waals surface area contributed by atoms with Crippen molar-refractivity contribution in [1.82, 2.24) is 5.43 Å². The molecule has 0 bridgehead atoms. The minimum atomic E-state index is -0.864. The maximum absolute atomic E-state index is 11.9. The number of para-hydroxylation sites is 1. The normalized spacial score (nSPS) is 12.2. The average Bonchev–Trinajstić information content (AvgIpc) is 3.04. The summed E-state index contributed by atoms with van der Waals surface area (Å²) >= 11 is 3.38. The third-order valence-electron chi connectivity index (χ3n) is 3.46.